The Balaban J connectivity index is 2.08. The highest BCUT2D eigenvalue weighted by Crippen LogP contribution is 2.39. The van der Waals surface area contributed by atoms with Gasteiger partial charge in [0, 0.05) is 12.8 Å². The third kappa shape index (κ3) is 3.95. The Morgan fingerprint density at radius 3 is 2.44 bits per heavy atom. The Bertz CT molecular complexity index is 754. The summed E-state index contributed by atoms with van der Waals surface area (Å²) < 4.78 is 27.7. The highest BCUT2D eigenvalue weighted by Gasteiger charge is 2.52. The zero-order valence-corrected chi connectivity index (χ0v) is 15.1. The van der Waals surface area contributed by atoms with E-state index in [4.69, 9.17) is 4.74 Å². The maximum atomic E-state index is 12.4. The molecule has 2 N–H and O–H groups in total. The van der Waals surface area contributed by atoms with E-state index in [1.807, 2.05) is 0 Å². The zero-order chi connectivity index (χ0) is 18.7. The third-order valence-electron chi connectivity index (χ3n) is 4.80. The number of carboxylic acid groups (broad SMARTS) is 1. The van der Waals surface area contributed by atoms with Gasteiger partial charge in [-0.2, -0.15) is 0 Å². The quantitative estimate of drug-likeness (QED) is 0.708. The van der Waals surface area contributed by atoms with Crippen LogP contribution in [0.3, 0.4) is 0 Å². The number of rotatable bonds is 8. The van der Waals surface area contributed by atoms with E-state index in [9.17, 15) is 23.1 Å². The molecule has 1 unspecified atom stereocenters. The molecule has 0 bridgehead atoms. The van der Waals surface area contributed by atoms with E-state index in [-0.39, 0.29) is 25.8 Å². The van der Waals surface area contributed by atoms with Crippen LogP contribution in [0.4, 0.5) is 0 Å². The van der Waals surface area contributed by atoms with Crippen LogP contribution in [0.5, 0.6) is 5.75 Å². The van der Waals surface area contributed by atoms with Gasteiger partial charge in [-0.05, 0) is 37.3 Å². The highest BCUT2D eigenvalue weighted by molar-refractivity contribution is 7.93. The second kappa shape index (κ2) is 7.43. The summed E-state index contributed by atoms with van der Waals surface area (Å²) in [4.78, 5) is 23.9. The van der Waals surface area contributed by atoms with Crippen molar-refractivity contribution in [2.45, 2.75) is 30.4 Å². The molecular formula is C17H23NO6S. The van der Waals surface area contributed by atoms with E-state index in [2.05, 4.69) is 5.32 Å². The molecule has 0 aromatic heterocycles. The molecule has 1 aliphatic carbocycles. The van der Waals surface area contributed by atoms with Gasteiger partial charge in [0.2, 0.25) is 5.91 Å². The van der Waals surface area contributed by atoms with Crippen LogP contribution in [-0.4, -0.2) is 50.1 Å². The van der Waals surface area contributed by atoms with E-state index < -0.39 is 32.4 Å². The van der Waals surface area contributed by atoms with Crippen molar-refractivity contribution in [3.05, 3.63) is 29.8 Å². The number of methoxy groups -OCH3 is 1. The second-order valence-corrected chi connectivity index (χ2v) is 8.71. The maximum absolute atomic E-state index is 12.4. The Hall–Kier alpha value is -2.09. The van der Waals surface area contributed by atoms with Gasteiger partial charge < -0.3 is 15.2 Å². The van der Waals surface area contributed by atoms with Crippen molar-refractivity contribution in [3.63, 3.8) is 0 Å². The van der Waals surface area contributed by atoms with Crippen molar-refractivity contribution in [1.82, 2.24) is 5.32 Å². The minimum Gasteiger partial charge on any atom is -0.496 e. The summed E-state index contributed by atoms with van der Waals surface area (Å²) in [5.74, 6) is -1.97. The van der Waals surface area contributed by atoms with Crippen LogP contribution >= 0.6 is 0 Å². The first-order chi connectivity index (χ1) is 11.7. The maximum Gasteiger partial charge on any atom is 0.308 e. The van der Waals surface area contributed by atoms with Gasteiger partial charge in [-0.25, -0.2) is 8.42 Å². The zero-order valence-electron chi connectivity index (χ0n) is 14.3. The van der Waals surface area contributed by atoms with Crippen LogP contribution < -0.4 is 10.1 Å². The van der Waals surface area contributed by atoms with E-state index in [1.54, 1.807) is 24.3 Å². The van der Waals surface area contributed by atoms with Gasteiger partial charge in [0.05, 0.1) is 13.0 Å². The number of nitrogens with one attached hydrogen (secondary N) is 1. The number of hydrogen-bond acceptors (Lipinski definition) is 5. The molecule has 7 nitrogen and oxygen atoms in total. The molecule has 8 heteroatoms. The van der Waals surface area contributed by atoms with Gasteiger partial charge in [-0.3, -0.25) is 9.59 Å². The average Bonchev–Trinajstić information content (AvgIpc) is 2.48. The lowest BCUT2D eigenvalue weighted by Gasteiger charge is -2.38. The smallest absolute Gasteiger partial charge is 0.308 e. The van der Waals surface area contributed by atoms with Gasteiger partial charge in [0.25, 0.3) is 0 Å². The molecule has 2 rings (SSSR count). The summed E-state index contributed by atoms with van der Waals surface area (Å²) in [6, 6.07) is 7.06. The second-order valence-electron chi connectivity index (χ2n) is 6.38. The van der Waals surface area contributed by atoms with Gasteiger partial charge in [0.1, 0.15) is 10.5 Å². The SMILES string of the molecule is COc1ccccc1CC(CNC(=O)C1(S(C)(=O)=O)CCC1)C(=O)O. The molecule has 138 valence electrons. The van der Waals surface area contributed by atoms with Crippen LogP contribution in [-0.2, 0) is 25.8 Å². The number of hydrogen-bond donors (Lipinski definition) is 2. The number of para-hydroxylation sites is 1. The first-order valence-corrected chi connectivity index (χ1v) is 9.93. The van der Waals surface area contributed by atoms with Crippen molar-refractivity contribution in [2.24, 2.45) is 5.92 Å². The highest BCUT2D eigenvalue weighted by atomic mass is 32.2. The summed E-state index contributed by atoms with van der Waals surface area (Å²) in [5.41, 5.74) is 0.716. The van der Waals surface area contributed by atoms with Crippen LogP contribution in [0, 0.1) is 5.92 Å². The molecule has 1 aliphatic rings. The van der Waals surface area contributed by atoms with Gasteiger partial charge in [-0.1, -0.05) is 18.2 Å². The number of amides is 1. The molecule has 1 amide bonds. The number of carbonyl (C=O) groups is 2. The predicted molar refractivity (Wildman–Crippen MR) is 92.3 cm³/mol. The lowest BCUT2D eigenvalue weighted by molar-refractivity contribution is -0.141. The standard InChI is InChI=1S/C17H23NO6S/c1-24-14-7-4-3-6-12(14)10-13(15(19)20)11-18-16(21)17(8-5-9-17)25(2,22)23/h3-4,6-7,13H,5,8-11H2,1-2H3,(H,18,21)(H,19,20). The molecule has 1 saturated carbocycles. The van der Waals surface area contributed by atoms with E-state index >= 15 is 0 Å². The molecule has 1 atom stereocenters. The number of sulfone groups is 1. The van der Waals surface area contributed by atoms with Crippen LogP contribution in [0.1, 0.15) is 24.8 Å². The molecule has 0 spiro atoms. The predicted octanol–water partition coefficient (Wildman–Crippen LogP) is 1.02. The third-order valence-corrected chi connectivity index (χ3v) is 6.82. The summed E-state index contributed by atoms with van der Waals surface area (Å²) in [5, 5.41) is 12.0. The van der Waals surface area contributed by atoms with Gasteiger partial charge >= 0.3 is 5.97 Å². The molecule has 0 aliphatic heterocycles. The fourth-order valence-corrected chi connectivity index (χ4v) is 4.46. The Kier molecular flexibility index (Phi) is 5.72. The molecule has 25 heavy (non-hydrogen) atoms. The van der Waals surface area contributed by atoms with E-state index in [0.717, 1.165) is 6.26 Å². The van der Waals surface area contributed by atoms with Crippen LogP contribution in [0.25, 0.3) is 0 Å². The first-order valence-electron chi connectivity index (χ1n) is 8.04. The van der Waals surface area contributed by atoms with Crippen LogP contribution in [0.15, 0.2) is 24.3 Å². The average molecular weight is 369 g/mol. The number of aliphatic carboxylic acids is 1. The molecule has 0 radical (unpaired) electrons. The minimum absolute atomic E-state index is 0.135. The molecule has 0 saturated heterocycles. The fraction of sp³-hybridized carbons (Fsp3) is 0.529. The molecule has 1 aromatic carbocycles. The van der Waals surface area contributed by atoms with Crippen molar-refractivity contribution in [3.8, 4) is 5.75 Å². The first kappa shape index (κ1) is 19.2. The number of carboxylic acids is 1. The molecule has 1 aromatic rings. The summed E-state index contributed by atoms with van der Waals surface area (Å²) in [6.45, 7) is -0.135. The lowest BCUT2D eigenvalue weighted by Crippen LogP contribution is -2.57. The van der Waals surface area contributed by atoms with Gasteiger partial charge in [-0.15, -0.1) is 0 Å². The summed E-state index contributed by atoms with van der Waals surface area (Å²) in [7, 11) is -2.04. The van der Waals surface area contributed by atoms with E-state index in [1.165, 1.54) is 7.11 Å². The normalized spacial score (nSPS) is 17.2. The fourth-order valence-electron chi connectivity index (χ4n) is 3.02. The van der Waals surface area contributed by atoms with Crippen LogP contribution in [0.2, 0.25) is 0 Å². The Labute approximate surface area is 147 Å². The molecule has 1 fully saturated rings. The molecular weight excluding hydrogens is 346 g/mol. The molecule has 0 heterocycles. The number of carbonyl (C=O) groups excluding carboxylic acids is 1. The largest absolute Gasteiger partial charge is 0.496 e. The Morgan fingerprint density at radius 1 is 1.32 bits per heavy atom. The van der Waals surface area contributed by atoms with Crippen molar-refractivity contribution >= 4 is 21.7 Å². The topological polar surface area (TPSA) is 110 Å². The summed E-state index contributed by atoms with van der Waals surface area (Å²) >= 11 is 0. The monoisotopic (exact) mass is 369 g/mol. The van der Waals surface area contributed by atoms with Crippen molar-refractivity contribution in [2.75, 3.05) is 19.9 Å². The van der Waals surface area contributed by atoms with Crippen molar-refractivity contribution in [1.29, 1.82) is 0 Å². The lowest BCUT2D eigenvalue weighted by atomic mass is 9.83. The Morgan fingerprint density at radius 2 is 1.96 bits per heavy atom. The minimum atomic E-state index is -3.54. The summed E-state index contributed by atoms with van der Waals surface area (Å²) in [6.07, 6.45) is 2.45. The number of ether oxygens (including phenoxy) is 1. The number of benzene rings is 1. The van der Waals surface area contributed by atoms with E-state index in [0.29, 0.717) is 17.7 Å². The van der Waals surface area contributed by atoms with Crippen molar-refractivity contribution < 1.29 is 27.9 Å². The van der Waals surface area contributed by atoms with Gasteiger partial charge in [0.15, 0.2) is 9.84 Å².